The second-order valence-electron chi connectivity index (χ2n) is 11.8. The van der Waals surface area contributed by atoms with Gasteiger partial charge in [-0.25, -0.2) is 13.4 Å². The Morgan fingerprint density at radius 1 is 1.08 bits per heavy atom. The summed E-state index contributed by atoms with van der Waals surface area (Å²) in [4.78, 5) is 15.9. The van der Waals surface area contributed by atoms with E-state index < -0.39 is 56.8 Å². The van der Waals surface area contributed by atoms with Crippen LogP contribution in [0.15, 0.2) is 63.9 Å². The lowest BCUT2D eigenvalue weighted by atomic mass is 9.94. The first-order valence-corrected chi connectivity index (χ1v) is 15.0. The largest absolute Gasteiger partial charge is 0.444 e. The lowest BCUT2D eigenvalue weighted by Crippen LogP contribution is -2.49. The zero-order chi connectivity index (χ0) is 28.4. The van der Waals surface area contributed by atoms with Crippen molar-refractivity contribution in [3.63, 3.8) is 0 Å². The number of aliphatic hydroxyl groups is 2. The molecular weight excluding hydrogens is 500 g/mol. The number of likely N-dealkylation sites (tertiary alicyclic amines) is 1. The number of amides is 1. The predicted octanol–water partition coefficient (Wildman–Crippen LogP) is 5.58. The maximum atomic E-state index is 15.1. The molecule has 0 unspecified atom stereocenters. The van der Waals surface area contributed by atoms with E-state index in [1.54, 1.807) is 25.7 Å². The summed E-state index contributed by atoms with van der Waals surface area (Å²) in [5, 5.41) is 21.0. The van der Waals surface area contributed by atoms with Crippen LogP contribution in [0.25, 0.3) is 0 Å². The highest BCUT2D eigenvalue weighted by atomic mass is 32.2. The Morgan fingerprint density at radius 3 is 2.16 bits per heavy atom. The molecule has 38 heavy (non-hydrogen) atoms. The van der Waals surface area contributed by atoms with Gasteiger partial charge in [0.05, 0.1) is 45.8 Å². The summed E-state index contributed by atoms with van der Waals surface area (Å²) in [5.74, 6) is -0.458. The first-order valence-electron chi connectivity index (χ1n) is 13.4. The summed E-state index contributed by atoms with van der Waals surface area (Å²) in [6.07, 6.45) is -1.47. The summed E-state index contributed by atoms with van der Waals surface area (Å²) >= 11 is 0. The number of aliphatic hydroxyl groups excluding tert-OH is 2. The van der Waals surface area contributed by atoms with Crippen LogP contribution >= 0.6 is 0 Å². The number of carbonyl (C=O) groups excluding carboxylic acids is 1. The molecule has 2 aromatic carbocycles. The molecule has 210 valence electrons. The molecule has 0 spiro atoms. The maximum absolute atomic E-state index is 15.1. The van der Waals surface area contributed by atoms with Gasteiger partial charge in [0, 0.05) is 10.8 Å². The van der Waals surface area contributed by atoms with Crippen molar-refractivity contribution in [2.45, 2.75) is 95.4 Å². The van der Waals surface area contributed by atoms with Gasteiger partial charge >= 0.3 is 6.09 Å². The van der Waals surface area contributed by atoms with Crippen molar-refractivity contribution in [1.82, 2.24) is 4.90 Å². The Bertz CT molecular complexity index is 1200. The van der Waals surface area contributed by atoms with Gasteiger partial charge in [-0.3, -0.25) is 4.90 Å². The summed E-state index contributed by atoms with van der Waals surface area (Å²) in [6.45, 7) is 14.7. The molecule has 2 N–H and O–H groups in total. The van der Waals surface area contributed by atoms with E-state index in [4.69, 9.17) is 9.10 Å². The molecule has 1 fully saturated rings. The van der Waals surface area contributed by atoms with Gasteiger partial charge in [-0.15, -0.1) is 0 Å². The van der Waals surface area contributed by atoms with E-state index in [9.17, 15) is 15.0 Å². The summed E-state index contributed by atoms with van der Waals surface area (Å²) in [5.41, 5.74) is 1.04. The van der Waals surface area contributed by atoms with E-state index in [2.05, 4.69) is 0 Å². The summed E-state index contributed by atoms with van der Waals surface area (Å²) in [7, 11) is -3.17. The van der Waals surface area contributed by atoms with Gasteiger partial charge < -0.3 is 14.9 Å². The highest BCUT2D eigenvalue weighted by Crippen LogP contribution is 2.44. The lowest BCUT2D eigenvalue weighted by molar-refractivity contribution is 0.00825. The molecule has 0 radical (unpaired) electrons. The Morgan fingerprint density at radius 2 is 1.66 bits per heavy atom. The number of carbonyl (C=O) groups is 1. The molecule has 7 atom stereocenters. The Labute approximate surface area is 228 Å². The molecule has 1 amide bonds. The molecule has 0 aliphatic carbocycles. The zero-order valence-electron chi connectivity index (χ0n) is 23.9. The minimum Gasteiger partial charge on any atom is -0.444 e. The number of nitrogens with zero attached hydrogens (tertiary/aromatic N) is 2. The van der Waals surface area contributed by atoms with Crippen LogP contribution in [0.5, 0.6) is 0 Å². The molecule has 1 heterocycles. The Balaban J connectivity index is 2.23. The van der Waals surface area contributed by atoms with E-state index in [1.807, 2.05) is 89.2 Å². The van der Waals surface area contributed by atoms with Gasteiger partial charge in [0.2, 0.25) is 0 Å². The Hall–Kier alpha value is -2.42. The number of ether oxygens (including phenoxy) is 1. The molecule has 8 heteroatoms. The van der Waals surface area contributed by atoms with E-state index >= 15 is 4.21 Å². The number of benzene rings is 2. The van der Waals surface area contributed by atoms with E-state index in [1.165, 1.54) is 0 Å². The van der Waals surface area contributed by atoms with Crippen LogP contribution in [0, 0.1) is 18.8 Å². The molecule has 2 aromatic rings. The van der Waals surface area contributed by atoms with Crippen LogP contribution in [0.4, 0.5) is 4.79 Å². The minimum absolute atomic E-state index is 0.0379. The fourth-order valence-electron chi connectivity index (χ4n) is 5.17. The molecule has 1 aliphatic heterocycles. The molecule has 0 bridgehead atoms. The number of aryl methyl sites for hydroxylation is 1. The normalized spacial score (nSPS) is 25.1. The summed E-state index contributed by atoms with van der Waals surface area (Å²) < 4.78 is 25.7. The van der Waals surface area contributed by atoms with Crippen molar-refractivity contribution in [3.8, 4) is 0 Å². The second-order valence-corrected chi connectivity index (χ2v) is 14.3. The first kappa shape index (κ1) is 30.1. The molecule has 1 saturated heterocycles. The minimum atomic E-state index is -3.17. The smallest absolute Gasteiger partial charge is 0.411 e. The molecule has 0 aromatic heterocycles. The van der Waals surface area contributed by atoms with Crippen LogP contribution in [-0.4, -0.2) is 61.1 Å². The van der Waals surface area contributed by atoms with Gasteiger partial charge in [-0.2, -0.15) is 0 Å². The number of hydrogen-bond donors (Lipinski definition) is 2. The van der Waals surface area contributed by atoms with Crippen molar-refractivity contribution >= 4 is 15.8 Å². The van der Waals surface area contributed by atoms with Gasteiger partial charge in [-0.05, 0) is 58.2 Å². The molecule has 1 aliphatic rings. The molecule has 7 nitrogen and oxygen atoms in total. The summed E-state index contributed by atoms with van der Waals surface area (Å²) in [6, 6.07) is 14.9. The third kappa shape index (κ3) is 6.24. The van der Waals surface area contributed by atoms with Crippen LogP contribution in [0.1, 0.15) is 65.6 Å². The molecule has 3 rings (SSSR count). The second kappa shape index (κ2) is 11.8. The van der Waals surface area contributed by atoms with Crippen LogP contribution in [0.2, 0.25) is 0 Å². The maximum Gasteiger partial charge on any atom is 0.411 e. The standard InChI is InChI=1S/C30H44N2O5S/c1-19(2)25(18-33)31-38(36,24-16-14-20(3)15-17-24)22(5)26-21(4)28(34)27(23-12-10-9-11-13-23)32(26)29(35)37-30(6,7)8/h9-17,19,21-22,25-28,33-34H,18H2,1-8H3/t21-,22-,25-,26+,27-,28-,38+/m0/s1. The molecule has 0 saturated carbocycles. The SMILES string of the molecule is Cc1ccc([S@@](=O)(=N[C@@H](CO)C(C)C)[C@@H](C)[C@H]2[C@H](C)[C@H](O)[C@H](c3ccccc3)N2C(=O)OC(C)(C)C)cc1. The topological polar surface area (TPSA) is 99.4 Å². The van der Waals surface area contributed by atoms with Crippen molar-refractivity contribution in [1.29, 1.82) is 0 Å². The average molecular weight is 545 g/mol. The average Bonchev–Trinajstić information content (AvgIpc) is 3.12. The monoisotopic (exact) mass is 544 g/mol. The van der Waals surface area contributed by atoms with Gasteiger partial charge in [-0.1, -0.05) is 68.8 Å². The first-order chi connectivity index (χ1) is 17.7. The van der Waals surface area contributed by atoms with Crippen molar-refractivity contribution in [2.24, 2.45) is 16.2 Å². The van der Waals surface area contributed by atoms with Crippen molar-refractivity contribution in [3.05, 3.63) is 65.7 Å². The third-order valence-corrected chi connectivity index (χ3v) is 10.2. The lowest BCUT2D eigenvalue weighted by Gasteiger charge is -2.37. The van der Waals surface area contributed by atoms with E-state index in [0.29, 0.717) is 4.90 Å². The van der Waals surface area contributed by atoms with Crippen LogP contribution in [-0.2, 0) is 14.5 Å². The third-order valence-electron chi connectivity index (χ3n) is 7.36. The fourth-order valence-corrected chi connectivity index (χ4v) is 7.90. The van der Waals surface area contributed by atoms with Gasteiger partial charge in [0.25, 0.3) is 0 Å². The number of hydrogen-bond acceptors (Lipinski definition) is 6. The van der Waals surface area contributed by atoms with Gasteiger partial charge in [0.1, 0.15) is 5.60 Å². The molecular formula is C30H44N2O5S. The fraction of sp³-hybridized carbons (Fsp3) is 0.567. The van der Waals surface area contributed by atoms with Crippen molar-refractivity contribution in [2.75, 3.05) is 6.61 Å². The van der Waals surface area contributed by atoms with Gasteiger partial charge in [0.15, 0.2) is 0 Å². The van der Waals surface area contributed by atoms with E-state index in [0.717, 1.165) is 11.1 Å². The van der Waals surface area contributed by atoms with Crippen molar-refractivity contribution < 1.29 is 24.0 Å². The quantitative estimate of drug-likeness (QED) is 0.474. The zero-order valence-corrected chi connectivity index (χ0v) is 24.7. The highest BCUT2D eigenvalue weighted by molar-refractivity contribution is 7.94. The Kier molecular flexibility index (Phi) is 9.32. The van der Waals surface area contributed by atoms with Crippen LogP contribution < -0.4 is 0 Å². The predicted molar refractivity (Wildman–Crippen MR) is 151 cm³/mol. The number of rotatable bonds is 7. The van der Waals surface area contributed by atoms with Crippen LogP contribution in [0.3, 0.4) is 0 Å². The van der Waals surface area contributed by atoms with E-state index in [-0.39, 0.29) is 12.5 Å². The highest BCUT2D eigenvalue weighted by Gasteiger charge is 2.54.